The van der Waals surface area contributed by atoms with Crippen LogP contribution in [0.4, 0.5) is 5.69 Å². The molecule has 0 heterocycles. The van der Waals surface area contributed by atoms with Crippen LogP contribution in [0.1, 0.15) is 15.9 Å². The molecule has 0 saturated heterocycles. The number of benzene rings is 1. The van der Waals surface area contributed by atoms with Gasteiger partial charge in [0.25, 0.3) is 0 Å². The van der Waals surface area contributed by atoms with Crippen LogP contribution in [0, 0.1) is 5.41 Å². The van der Waals surface area contributed by atoms with E-state index in [4.69, 9.17) is 10.5 Å². The van der Waals surface area contributed by atoms with Gasteiger partial charge in [0, 0.05) is 24.5 Å². The highest BCUT2D eigenvalue weighted by atomic mass is 16.4. The summed E-state index contributed by atoms with van der Waals surface area (Å²) in [6.45, 7) is 0. The van der Waals surface area contributed by atoms with E-state index in [0.29, 0.717) is 5.56 Å². The van der Waals surface area contributed by atoms with Crippen LogP contribution in [0.5, 0.6) is 0 Å². The molecule has 0 fully saturated rings. The minimum absolute atomic E-state index is 0.192. The molecule has 1 rings (SSSR count). The number of nitrogens with one attached hydrogen (secondary N) is 2. The first-order chi connectivity index (χ1) is 6.19. The fraction of sp³-hybridized carbons (Fsp3) is 0.111. The minimum atomic E-state index is -0.981. The molecule has 0 atom stereocenters. The van der Waals surface area contributed by atoms with E-state index in [9.17, 15) is 4.79 Å². The summed E-state index contributed by atoms with van der Waals surface area (Å²) >= 11 is 0. The van der Waals surface area contributed by atoms with Gasteiger partial charge in [0.2, 0.25) is 0 Å². The summed E-state index contributed by atoms with van der Waals surface area (Å²) in [4.78, 5) is 10.6. The maximum Gasteiger partial charge on any atom is 0.335 e. The lowest BCUT2D eigenvalue weighted by molar-refractivity contribution is 0.0697. The van der Waals surface area contributed by atoms with E-state index in [1.165, 1.54) is 12.1 Å². The van der Waals surface area contributed by atoms with Gasteiger partial charge in [-0.3, -0.25) is 0 Å². The highest BCUT2D eigenvalue weighted by Crippen LogP contribution is 2.14. The first kappa shape index (κ1) is 9.25. The number of hydrogen-bond acceptors (Lipinski definition) is 3. The second-order valence-corrected chi connectivity index (χ2v) is 2.50. The Bertz CT molecular complexity index is 347. The summed E-state index contributed by atoms with van der Waals surface area (Å²) in [5.41, 5.74) is 1.51. The molecule has 0 aromatic heterocycles. The Labute approximate surface area is 75.7 Å². The SMILES string of the molecule is CNc1ccc(C(=O)O)cc1C=N. The smallest absolute Gasteiger partial charge is 0.335 e. The summed E-state index contributed by atoms with van der Waals surface area (Å²) < 4.78 is 0. The molecule has 0 aliphatic carbocycles. The van der Waals surface area contributed by atoms with Crippen LogP contribution < -0.4 is 5.32 Å². The molecule has 0 aliphatic rings. The Kier molecular flexibility index (Phi) is 2.64. The zero-order valence-electron chi connectivity index (χ0n) is 7.16. The third kappa shape index (κ3) is 1.84. The molecule has 0 radical (unpaired) electrons. The third-order valence-electron chi connectivity index (χ3n) is 1.72. The van der Waals surface area contributed by atoms with Gasteiger partial charge in [-0.05, 0) is 18.2 Å². The molecule has 3 N–H and O–H groups in total. The summed E-state index contributed by atoms with van der Waals surface area (Å²) in [5, 5.41) is 18.6. The monoisotopic (exact) mass is 178 g/mol. The molecule has 1 aromatic carbocycles. The predicted molar refractivity (Wildman–Crippen MR) is 50.8 cm³/mol. The number of aromatic carboxylic acids is 1. The van der Waals surface area contributed by atoms with E-state index in [0.717, 1.165) is 11.9 Å². The van der Waals surface area contributed by atoms with Crippen molar-refractivity contribution in [3.63, 3.8) is 0 Å². The van der Waals surface area contributed by atoms with E-state index in [2.05, 4.69) is 5.32 Å². The second kappa shape index (κ2) is 3.71. The van der Waals surface area contributed by atoms with Gasteiger partial charge in [-0.1, -0.05) is 0 Å². The number of rotatable bonds is 3. The average Bonchev–Trinajstić information content (AvgIpc) is 2.16. The molecule has 13 heavy (non-hydrogen) atoms. The van der Waals surface area contributed by atoms with Crippen molar-refractivity contribution < 1.29 is 9.90 Å². The van der Waals surface area contributed by atoms with Crippen LogP contribution in [-0.4, -0.2) is 24.3 Å². The molecule has 4 nitrogen and oxygen atoms in total. The molecule has 0 unspecified atom stereocenters. The molecule has 0 spiro atoms. The molecular weight excluding hydrogens is 168 g/mol. The van der Waals surface area contributed by atoms with Gasteiger partial charge >= 0.3 is 5.97 Å². The van der Waals surface area contributed by atoms with Crippen molar-refractivity contribution in [3.8, 4) is 0 Å². The number of carbonyl (C=O) groups is 1. The molecular formula is C9H10N2O2. The second-order valence-electron chi connectivity index (χ2n) is 2.50. The van der Waals surface area contributed by atoms with Crippen molar-refractivity contribution in [1.82, 2.24) is 0 Å². The predicted octanol–water partition coefficient (Wildman–Crippen LogP) is 1.42. The zero-order valence-corrected chi connectivity index (χ0v) is 7.16. The van der Waals surface area contributed by atoms with Gasteiger partial charge in [0.15, 0.2) is 0 Å². The average molecular weight is 178 g/mol. The summed E-state index contributed by atoms with van der Waals surface area (Å²) in [5.74, 6) is -0.981. The van der Waals surface area contributed by atoms with Gasteiger partial charge in [-0.15, -0.1) is 0 Å². The summed E-state index contributed by atoms with van der Waals surface area (Å²) in [7, 11) is 1.72. The molecule has 68 valence electrons. The van der Waals surface area contributed by atoms with E-state index in [-0.39, 0.29) is 5.56 Å². The Morgan fingerprint density at radius 1 is 1.62 bits per heavy atom. The van der Waals surface area contributed by atoms with Crippen molar-refractivity contribution in [1.29, 1.82) is 5.41 Å². The molecule has 4 heteroatoms. The van der Waals surface area contributed by atoms with E-state index in [1.54, 1.807) is 13.1 Å². The zero-order chi connectivity index (χ0) is 9.84. The van der Waals surface area contributed by atoms with Gasteiger partial charge in [-0.2, -0.15) is 0 Å². The standard InChI is InChI=1S/C9H10N2O2/c1-11-8-3-2-6(9(12)13)4-7(8)5-10/h2-5,10-11H,1H3,(H,12,13). The van der Waals surface area contributed by atoms with Crippen LogP contribution >= 0.6 is 0 Å². The van der Waals surface area contributed by atoms with Crippen LogP contribution in [0.15, 0.2) is 18.2 Å². The first-order valence-corrected chi connectivity index (χ1v) is 3.74. The number of carboxylic acid groups (broad SMARTS) is 1. The molecule has 0 aliphatic heterocycles. The van der Waals surface area contributed by atoms with Crippen molar-refractivity contribution in [2.45, 2.75) is 0 Å². The van der Waals surface area contributed by atoms with E-state index < -0.39 is 5.97 Å². The van der Waals surface area contributed by atoms with Gasteiger partial charge in [-0.25, -0.2) is 4.79 Å². The Hall–Kier alpha value is -1.84. The molecule has 1 aromatic rings. The lowest BCUT2D eigenvalue weighted by Crippen LogP contribution is -2.00. The van der Waals surface area contributed by atoms with E-state index in [1.807, 2.05) is 0 Å². The maximum atomic E-state index is 10.6. The first-order valence-electron chi connectivity index (χ1n) is 3.74. The highest BCUT2D eigenvalue weighted by molar-refractivity contribution is 5.93. The Morgan fingerprint density at radius 3 is 2.77 bits per heavy atom. The number of carboxylic acids is 1. The van der Waals surface area contributed by atoms with Crippen LogP contribution in [-0.2, 0) is 0 Å². The minimum Gasteiger partial charge on any atom is -0.478 e. The van der Waals surface area contributed by atoms with Crippen LogP contribution in [0.3, 0.4) is 0 Å². The van der Waals surface area contributed by atoms with Gasteiger partial charge < -0.3 is 15.8 Å². The lowest BCUT2D eigenvalue weighted by Gasteiger charge is -2.04. The van der Waals surface area contributed by atoms with Gasteiger partial charge in [0.1, 0.15) is 0 Å². The lowest BCUT2D eigenvalue weighted by atomic mass is 10.1. The van der Waals surface area contributed by atoms with Crippen molar-refractivity contribution in [3.05, 3.63) is 29.3 Å². The van der Waals surface area contributed by atoms with Crippen molar-refractivity contribution >= 4 is 17.9 Å². The quantitative estimate of drug-likeness (QED) is 0.613. The topological polar surface area (TPSA) is 73.2 Å². The number of hydrogen-bond donors (Lipinski definition) is 3. The van der Waals surface area contributed by atoms with Crippen molar-refractivity contribution in [2.24, 2.45) is 0 Å². The molecule has 0 amide bonds. The normalized spacial score (nSPS) is 9.31. The molecule has 0 bridgehead atoms. The van der Waals surface area contributed by atoms with Crippen LogP contribution in [0.2, 0.25) is 0 Å². The van der Waals surface area contributed by atoms with E-state index >= 15 is 0 Å². The third-order valence-corrected chi connectivity index (χ3v) is 1.72. The highest BCUT2D eigenvalue weighted by Gasteiger charge is 2.05. The number of anilines is 1. The molecule has 0 saturated carbocycles. The fourth-order valence-corrected chi connectivity index (χ4v) is 1.04. The van der Waals surface area contributed by atoms with Crippen LogP contribution in [0.25, 0.3) is 0 Å². The summed E-state index contributed by atoms with van der Waals surface area (Å²) in [6, 6.07) is 4.60. The Balaban J connectivity index is 3.20. The van der Waals surface area contributed by atoms with Gasteiger partial charge in [0.05, 0.1) is 5.56 Å². The maximum absolute atomic E-state index is 10.6. The fourth-order valence-electron chi connectivity index (χ4n) is 1.04. The summed E-state index contributed by atoms with van der Waals surface area (Å²) in [6.07, 6.45) is 1.12. The van der Waals surface area contributed by atoms with Crippen molar-refractivity contribution in [2.75, 3.05) is 12.4 Å². The Morgan fingerprint density at radius 2 is 2.31 bits per heavy atom. The largest absolute Gasteiger partial charge is 0.478 e.